The van der Waals surface area contributed by atoms with Gasteiger partial charge in [-0.25, -0.2) is 4.39 Å². The van der Waals surface area contributed by atoms with Crippen molar-refractivity contribution in [2.45, 2.75) is 12.8 Å². The molecule has 1 aromatic carbocycles. The smallest absolute Gasteiger partial charge is 0.219 e. The molecule has 2 N–H and O–H groups in total. The maximum absolute atomic E-state index is 13.1. The topological polar surface area (TPSA) is 41.1 Å². The van der Waals surface area contributed by atoms with Crippen molar-refractivity contribution >= 4 is 27.5 Å². The summed E-state index contributed by atoms with van der Waals surface area (Å²) in [5.41, 5.74) is 0.720. The number of hydrogen-bond donors (Lipinski definition) is 2. The highest BCUT2D eigenvalue weighted by atomic mass is 79.9. The van der Waals surface area contributed by atoms with Crippen LogP contribution in [0.15, 0.2) is 22.7 Å². The molecular formula is C11H14BrFN2O. The van der Waals surface area contributed by atoms with Gasteiger partial charge in [0.2, 0.25) is 5.91 Å². The molecule has 0 atom stereocenters. The summed E-state index contributed by atoms with van der Waals surface area (Å²) in [5, 5.41) is 5.60. The first-order valence-electron chi connectivity index (χ1n) is 5.03. The first-order valence-corrected chi connectivity index (χ1v) is 5.82. The predicted molar refractivity (Wildman–Crippen MR) is 65.9 cm³/mol. The summed E-state index contributed by atoms with van der Waals surface area (Å²) in [7, 11) is 1.61. The molecule has 0 heterocycles. The number of carbonyl (C=O) groups is 1. The largest absolute Gasteiger partial charge is 0.385 e. The van der Waals surface area contributed by atoms with Crippen molar-refractivity contribution in [1.29, 1.82) is 0 Å². The van der Waals surface area contributed by atoms with E-state index < -0.39 is 0 Å². The molecule has 1 rings (SSSR count). The molecule has 0 aromatic heterocycles. The van der Waals surface area contributed by atoms with Crippen LogP contribution in [0.2, 0.25) is 0 Å². The van der Waals surface area contributed by atoms with Gasteiger partial charge in [0.25, 0.3) is 0 Å². The molecule has 1 amide bonds. The Hall–Kier alpha value is -1.10. The molecule has 0 aliphatic carbocycles. The van der Waals surface area contributed by atoms with Crippen LogP contribution >= 0.6 is 15.9 Å². The average molecular weight is 289 g/mol. The molecule has 0 saturated carbocycles. The van der Waals surface area contributed by atoms with Gasteiger partial charge in [-0.2, -0.15) is 0 Å². The zero-order valence-electron chi connectivity index (χ0n) is 9.02. The van der Waals surface area contributed by atoms with Crippen LogP contribution in [0.5, 0.6) is 0 Å². The minimum Gasteiger partial charge on any atom is -0.385 e. The van der Waals surface area contributed by atoms with Crippen LogP contribution in [0, 0.1) is 5.82 Å². The van der Waals surface area contributed by atoms with Crippen LogP contribution in [0.3, 0.4) is 0 Å². The number of anilines is 1. The minimum atomic E-state index is -0.295. The van der Waals surface area contributed by atoms with Gasteiger partial charge in [0.15, 0.2) is 0 Å². The standard InChI is InChI=1S/C11H14BrFN2O/c1-14-11(16)3-2-6-15-8-4-5-9(12)10(13)7-8/h4-5,7,15H,2-3,6H2,1H3,(H,14,16). The van der Waals surface area contributed by atoms with E-state index in [1.54, 1.807) is 19.2 Å². The zero-order valence-corrected chi connectivity index (χ0v) is 10.6. The van der Waals surface area contributed by atoms with Crippen LogP contribution in [0.25, 0.3) is 0 Å². The molecular weight excluding hydrogens is 275 g/mol. The van der Waals surface area contributed by atoms with Gasteiger partial charge in [0.05, 0.1) is 4.47 Å². The Morgan fingerprint density at radius 2 is 2.25 bits per heavy atom. The van der Waals surface area contributed by atoms with Gasteiger partial charge < -0.3 is 10.6 Å². The van der Waals surface area contributed by atoms with Crippen LogP contribution in [-0.2, 0) is 4.79 Å². The maximum Gasteiger partial charge on any atom is 0.219 e. The molecule has 0 aliphatic heterocycles. The number of rotatable bonds is 5. The van der Waals surface area contributed by atoms with E-state index in [1.165, 1.54) is 6.07 Å². The average Bonchev–Trinajstić information content (AvgIpc) is 2.28. The third-order valence-electron chi connectivity index (χ3n) is 2.11. The molecule has 0 bridgehead atoms. The molecule has 88 valence electrons. The Kier molecular flexibility index (Phi) is 5.25. The second kappa shape index (κ2) is 6.48. The van der Waals surface area contributed by atoms with E-state index in [-0.39, 0.29) is 11.7 Å². The normalized spacial score (nSPS) is 9.94. The highest BCUT2D eigenvalue weighted by molar-refractivity contribution is 9.10. The first-order chi connectivity index (χ1) is 7.63. The zero-order chi connectivity index (χ0) is 12.0. The molecule has 3 nitrogen and oxygen atoms in total. The summed E-state index contributed by atoms with van der Waals surface area (Å²) in [6.45, 7) is 0.647. The van der Waals surface area contributed by atoms with Gasteiger partial charge in [0.1, 0.15) is 5.82 Å². The summed E-state index contributed by atoms with van der Waals surface area (Å²) in [4.78, 5) is 10.9. The third-order valence-corrected chi connectivity index (χ3v) is 2.75. The number of carbonyl (C=O) groups excluding carboxylic acids is 1. The van der Waals surface area contributed by atoms with Crippen molar-refractivity contribution in [3.8, 4) is 0 Å². The molecule has 1 aromatic rings. The number of nitrogens with one attached hydrogen (secondary N) is 2. The van der Waals surface area contributed by atoms with Crippen molar-refractivity contribution in [2.75, 3.05) is 18.9 Å². The molecule has 0 saturated heterocycles. The van der Waals surface area contributed by atoms with Crippen LogP contribution in [0.1, 0.15) is 12.8 Å². The lowest BCUT2D eigenvalue weighted by atomic mass is 10.2. The molecule has 0 fully saturated rings. The van der Waals surface area contributed by atoms with Gasteiger partial charge in [-0.05, 0) is 40.5 Å². The van der Waals surface area contributed by atoms with Crippen molar-refractivity contribution < 1.29 is 9.18 Å². The maximum atomic E-state index is 13.1. The van der Waals surface area contributed by atoms with Gasteiger partial charge in [-0.15, -0.1) is 0 Å². The second-order valence-electron chi connectivity index (χ2n) is 3.33. The number of halogens is 2. The van der Waals surface area contributed by atoms with Gasteiger partial charge in [-0.1, -0.05) is 0 Å². The van der Waals surface area contributed by atoms with Crippen LogP contribution < -0.4 is 10.6 Å². The van der Waals surface area contributed by atoms with E-state index in [4.69, 9.17) is 0 Å². The predicted octanol–water partition coefficient (Wildman–Crippen LogP) is 2.53. The lowest BCUT2D eigenvalue weighted by molar-refractivity contribution is -0.120. The number of benzene rings is 1. The second-order valence-corrected chi connectivity index (χ2v) is 4.19. The van der Waals surface area contributed by atoms with Crippen molar-refractivity contribution in [3.05, 3.63) is 28.5 Å². The summed E-state index contributed by atoms with van der Waals surface area (Å²) in [6, 6.07) is 4.85. The SMILES string of the molecule is CNC(=O)CCCNc1ccc(Br)c(F)c1. The van der Waals surface area contributed by atoms with E-state index in [9.17, 15) is 9.18 Å². The summed E-state index contributed by atoms with van der Waals surface area (Å²) in [5.74, 6) is -0.278. The fourth-order valence-corrected chi connectivity index (χ4v) is 1.46. The summed E-state index contributed by atoms with van der Waals surface area (Å²) >= 11 is 3.08. The van der Waals surface area contributed by atoms with Gasteiger partial charge in [-0.3, -0.25) is 4.79 Å². The quantitative estimate of drug-likeness (QED) is 0.818. The van der Waals surface area contributed by atoms with Gasteiger partial charge >= 0.3 is 0 Å². The Morgan fingerprint density at radius 1 is 1.50 bits per heavy atom. The highest BCUT2D eigenvalue weighted by Crippen LogP contribution is 2.19. The molecule has 16 heavy (non-hydrogen) atoms. The van der Waals surface area contributed by atoms with Crippen LogP contribution in [-0.4, -0.2) is 19.5 Å². The third kappa shape index (κ3) is 4.18. The molecule has 0 spiro atoms. The fraction of sp³-hybridized carbons (Fsp3) is 0.364. The molecule has 0 radical (unpaired) electrons. The number of hydrogen-bond acceptors (Lipinski definition) is 2. The van der Waals surface area contributed by atoms with E-state index in [0.717, 1.165) is 12.1 Å². The van der Waals surface area contributed by atoms with Crippen molar-refractivity contribution in [1.82, 2.24) is 5.32 Å². The van der Waals surface area contributed by atoms with Crippen molar-refractivity contribution in [3.63, 3.8) is 0 Å². The Morgan fingerprint density at radius 3 is 2.88 bits per heavy atom. The van der Waals surface area contributed by atoms with Crippen molar-refractivity contribution in [2.24, 2.45) is 0 Å². The number of amides is 1. The Labute approximate surface area is 103 Å². The minimum absolute atomic E-state index is 0.0174. The molecule has 0 aliphatic rings. The first kappa shape index (κ1) is 13.0. The summed E-state index contributed by atoms with van der Waals surface area (Å²) in [6.07, 6.45) is 1.19. The monoisotopic (exact) mass is 288 g/mol. The van der Waals surface area contributed by atoms with E-state index in [1.807, 2.05) is 0 Å². The van der Waals surface area contributed by atoms with E-state index >= 15 is 0 Å². The molecule has 5 heteroatoms. The van der Waals surface area contributed by atoms with Gasteiger partial charge in [0, 0.05) is 25.7 Å². The molecule has 0 unspecified atom stereocenters. The van der Waals surface area contributed by atoms with Crippen LogP contribution in [0.4, 0.5) is 10.1 Å². The Balaban J connectivity index is 2.32. The fourth-order valence-electron chi connectivity index (χ4n) is 1.21. The Bertz CT molecular complexity index is 371. The van der Waals surface area contributed by atoms with E-state index in [0.29, 0.717) is 17.4 Å². The van der Waals surface area contributed by atoms with E-state index in [2.05, 4.69) is 26.6 Å². The highest BCUT2D eigenvalue weighted by Gasteiger charge is 2.00. The lowest BCUT2D eigenvalue weighted by Crippen LogP contribution is -2.18. The lowest BCUT2D eigenvalue weighted by Gasteiger charge is -2.06. The summed E-state index contributed by atoms with van der Waals surface area (Å²) < 4.78 is 13.6.